The lowest BCUT2D eigenvalue weighted by Gasteiger charge is -2.34. The Morgan fingerprint density at radius 3 is 2.59 bits per heavy atom. The van der Waals surface area contributed by atoms with Gasteiger partial charge in [-0.25, -0.2) is 23.5 Å². The van der Waals surface area contributed by atoms with Crippen LogP contribution in [-0.2, 0) is 10.7 Å². The highest BCUT2D eigenvalue weighted by Gasteiger charge is 2.49. The molecule has 0 radical (unpaired) electrons. The SMILES string of the molecule is CC(C)C(F)(F)c1cc(-c2ccnc3c2[C@H](C(F)(F)F)OC(=O)N3)nc(N2CCN[C@@H](C)C2)c1. The molecule has 7 nitrogen and oxygen atoms in total. The van der Waals surface area contributed by atoms with Crippen molar-refractivity contribution in [1.29, 1.82) is 0 Å². The zero-order chi connectivity index (χ0) is 24.8. The van der Waals surface area contributed by atoms with Crippen molar-refractivity contribution in [3.63, 3.8) is 0 Å². The Hall–Kier alpha value is -3.02. The average molecular weight is 485 g/mol. The molecule has 0 spiro atoms. The van der Waals surface area contributed by atoms with Crippen LogP contribution >= 0.6 is 0 Å². The van der Waals surface area contributed by atoms with Crippen molar-refractivity contribution in [3.05, 3.63) is 35.5 Å². The molecule has 2 N–H and O–H groups in total. The first-order valence-electron chi connectivity index (χ1n) is 10.8. The maximum absolute atomic E-state index is 15.1. The first-order chi connectivity index (χ1) is 15.9. The molecule has 2 aliphatic rings. The van der Waals surface area contributed by atoms with Gasteiger partial charge in [0.1, 0.15) is 11.6 Å². The smallest absolute Gasteiger partial charge is 0.430 e. The van der Waals surface area contributed by atoms with E-state index in [-0.39, 0.29) is 34.5 Å². The Morgan fingerprint density at radius 2 is 1.94 bits per heavy atom. The summed E-state index contributed by atoms with van der Waals surface area (Å²) >= 11 is 0. The van der Waals surface area contributed by atoms with Crippen LogP contribution < -0.4 is 15.5 Å². The van der Waals surface area contributed by atoms with Gasteiger partial charge in [-0.3, -0.25) is 5.32 Å². The molecular formula is C22H24F5N5O2. The Bertz CT molecular complexity index is 1090. The molecule has 0 bridgehead atoms. The van der Waals surface area contributed by atoms with E-state index >= 15 is 8.78 Å². The van der Waals surface area contributed by atoms with Crippen LogP contribution in [0.2, 0.25) is 0 Å². The number of fused-ring (bicyclic) bond motifs is 1. The third-order valence-corrected chi connectivity index (χ3v) is 5.89. The number of pyridine rings is 2. The van der Waals surface area contributed by atoms with Gasteiger partial charge in [0.2, 0.25) is 6.10 Å². The second kappa shape index (κ2) is 8.64. The lowest BCUT2D eigenvalue weighted by atomic mass is 9.94. The zero-order valence-corrected chi connectivity index (χ0v) is 18.7. The highest BCUT2D eigenvalue weighted by molar-refractivity contribution is 5.89. The largest absolute Gasteiger partial charge is 0.431 e. The maximum atomic E-state index is 15.1. The molecule has 2 aromatic heterocycles. The number of amides is 1. The summed E-state index contributed by atoms with van der Waals surface area (Å²) in [4.78, 5) is 21.8. The molecule has 1 amide bonds. The number of cyclic esters (lactones) is 1. The third kappa shape index (κ3) is 4.50. The van der Waals surface area contributed by atoms with Gasteiger partial charge in [-0.15, -0.1) is 0 Å². The lowest BCUT2D eigenvalue weighted by molar-refractivity contribution is -0.206. The number of anilines is 2. The molecule has 1 saturated heterocycles. The summed E-state index contributed by atoms with van der Waals surface area (Å²) in [6, 6.07) is 3.70. The van der Waals surface area contributed by atoms with E-state index in [1.165, 1.54) is 32.2 Å². The number of ether oxygens (including phenoxy) is 1. The van der Waals surface area contributed by atoms with Crippen molar-refractivity contribution in [2.75, 3.05) is 29.9 Å². The predicted octanol–water partition coefficient (Wildman–Crippen LogP) is 4.86. The van der Waals surface area contributed by atoms with Crippen molar-refractivity contribution in [2.24, 2.45) is 5.92 Å². The minimum Gasteiger partial charge on any atom is -0.431 e. The predicted molar refractivity (Wildman–Crippen MR) is 115 cm³/mol. The number of halogens is 5. The van der Waals surface area contributed by atoms with Crippen LogP contribution in [0.3, 0.4) is 0 Å². The van der Waals surface area contributed by atoms with Crippen molar-refractivity contribution >= 4 is 17.7 Å². The summed E-state index contributed by atoms with van der Waals surface area (Å²) in [5.41, 5.74) is -1.03. The molecule has 0 unspecified atom stereocenters. The highest BCUT2D eigenvalue weighted by atomic mass is 19.4. The number of hydrogen-bond acceptors (Lipinski definition) is 6. The molecule has 184 valence electrons. The summed E-state index contributed by atoms with van der Waals surface area (Å²) in [6.07, 6.45) is -7.67. The van der Waals surface area contributed by atoms with Crippen LogP contribution in [0.15, 0.2) is 24.4 Å². The van der Waals surface area contributed by atoms with E-state index in [1.807, 2.05) is 11.8 Å². The summed E-state index contributed by atoms with van der Waals surface area (Å²) < 4.78 is 76.1. The van der Waals surface area contributed by atoms with Gasteiger partial charge in [-0.2, -0.15) is 13.2 Å². The van der Waals surface area contributed by atoms with Crippen LogP contribution in [-0.4, -0.2) is 47.9 Å². The minimum absolute atomic E-state index is 0.0696. The van der Waals surface area contributed by atoms with Crippen LogP contribution in [0, 0.1) is 5.92 Å². The fourth-order valence-electron chi connectivity index (χ4n) is 4.07. The number of piperazine rings is 1. The molecule has 0 saturated carbocycles. The summed E-state index contributed by atoms with van der Waals surface area (Å²) in [6.45, 7) is 6.25. The number of nitrogens with zero attached hydrogens (tertiary/aromatic N) is 3. The molecule has 34 heavy (non-hydrogen) atoms. The van der Waals surface area contributed by atoms with E-state index in [0.717, 1.165) is 6.07 Å². The molecule has 0 aliphatic carbocycles. The molecule has 2 aromatic rings. The molecular weight excluding hydrogens is 461 g/mol. The summed E-state index contributed by atoms with van der Waals surface area (Å²) in [7, 11) is 0. The van der Waals surface area contributed by atoms with Gasteiger partial charge >= 0.3 is 12.3 Å². The van der Waals surface area contributed by atoms with Gasteiger partial charge in [-0.1, -0.05) is 13.8 Å². The molecule has 0 aromatic carbocycles. The van der Waals surface area contributed by atoms with Gasteiger partial charge in [0.05, 0.1) is 11.3 Å². The van der Waals surface area contributed by atoms with Gasteiger partial charge in [0.15, 0.2) is 0 Å². The Kier molecular flexibility index (Phi) is 6.13. The van der Waals surface area contributed by atoms with Crippen molar-refractivity contribution in [1.82, 2.24) is 15.3 Å². The molecule has 4 rings (SSSR count). The van der Waals surface area contributed by atoms with E-state index in [2.05, 4.69) is 25.3 Å². The average Bonchev–Trinajstić information content (AvgIpc) is 2.77. The van der Waals surface area contributed by atoms with Gasteiger partial charge in [0, 0.05) is 48.9 Å². The van der Waals surface area contributed by atoms with E-state index in [4.69, 9.17) is 0 Å². The number of alkyl halides is 5. The number of rotatable bonds is 4. The van der Waals surface area contributed by atoms with Crippen molar-refractivity contribution in [2.45, 2.75) is 45.0 Å². The van der Waals surface area contributed by atoms with Crippen LogP contribution in [0.25, 0.3) is 11.3 Å². The first-order valence-corrected chi connectivity index (χ1v) is 10.8. The Balaban J connectivity index is 1.92. The standard InChI is InChI=1S/C22H24F5N5O2/c1-11(2)21(23,24)13-8-15(30-16(9-13)32-7-6-28-12(3)10-32)14-4-5-29-19-17(14)18(22(25,26)27)34-20(33)31-19/h4-5,8-9,11-12,18,28H,6-7,10H2,1-3H3,(H,29,31,33)/t12-,18+/m0/s1. The normalized spacial score (nSPS) is 21.2. The van der Waals surface area contributed by atoms with Crippen molar-refractivity contribution in [3.8, 4) is 11.3 Å². The fourth-order valence-corrected chi connectivity index (χ4v) is 4.07. The molecule has 4 heterocycles. The van der Waals surface area contributed by atoms with Crippen LogP contribution in [0.5, 0.6) is 0 Å². The number of aromatic nitrogens is 2. The second-order valence-electron chi connectivity index (χ2n) is 8.75. The topological polar surface area (TPSA) is 79.4 Å². The number of hydrogen-bond donors (Lipinski definition) is 2. The maximum Gasteiger partial charge on any atom is 0.430 e. The zero-order valence-electron chi connectivity index (χ0n) is 18.7. The Morgan fingerprint density at radius 1 is 1.21 bits per heavy atom. The van der Waals surface area contributed by atoms with Gasteiger partial charge < -0.3 is 15.0 Å². The van der Waals surface area contributed by atoms with Gasteiger partial charge in [-0.05, 0) is 25.1 Å². The van der Waals surface area contributed by atoms with Crippen molar-refractivity contribution < 1.29 is 31.5 Å². The Labute approximate surface area is 192 Å². The molecule has 12 heteroatoms. The molecule has 2 aliphatic heterocycles. The second-order valence-corrected chi connectivity index (χ2v) is 8.75. The lowest BCUT2D eigenvalue weighted by Crippen LogP contribution is -2.49. The molecule has 1 fully saturated rings. The summed E-state index contributed by atoms with van der Waals surface area (Å²) in [5.74, 6) is -4.44. The van der Waals surface area contributed by atoms with Crippen LogP contribution in [0.4, 0.5) is 38.4 Å². The third-order valence-electron chi connectivity index (χ3n) is 5.89. The number of nitrogens with one attached hydrogen (secondary N) is 2. The molecule has 2 atom stereocenters. The number of carbonyl (C=O) groups excluding carboxylic acids is 1. The fraction of sp³-hybridized carbons (Fsp3) is 0.500. The highest BCUT2D eigenvalue weighted by Crippen LogP contribution is 2.46. The monoisotopic (exact) mass is 485 g/mol. The first kappa shape index (κ1) is 24.1. The van der Waals surface area contributed by atoms with E-state index < -0.39 is 35.8 Å². The van der Waals surface area contributed by atoms with Gasteiger partial charge in [0.25, 0.3) is 5.92 Å². The quantitative estimate of drug-likeness (QED) is 0.603. The van der Waals surface area contributed by atoms with E-state index in [9.17, 15) is 18.0 Å². The van der Waals surface area contributed by atoms with E-state index in [1.54, 1.807) is 0 Å². The minimum atomic E-state index is -4.94. The van der Waals surface area contributed by atoms with E-state index in [0.29, 0.717) is 19.6 Å². The van der Waals surface area contributed by atoms with Crippen LogP contribution in [0.1, 0.15) is 38.0 Å². The number of carbonyl (C=O) groups is 1. The summed E-state index contributed by atoms with van der Waals surface area (Å²) in [5, 5.41) is 5.40.